The number of hydrogen-bond acceptors (Lipinski definition) is 4. The SMILES string of the molecule is CN(C)CCCON=C(c1ccccc1)c1ccncc1. The maximum absolute atomic E-state index is 5.50. The average Bonchev–Trinajstić information content (AvgIpc) is 2.52. The zero-order valence-electron chi connectivity index (χ0n) is 12.6. The molecule has 0 fully saturated rings. The van der Waals surface area contributed by atoms with Crippen molar-refractivity contribution in [3.05, 3.63) is 66.0 Å². The fourth-order valence-corrected chi connectivity index (χ4v) is 1.93. The Hall–Kier alpha value is -2.20. The van der Waals surface area contributed by atoms with Crippen molar-refractivity contribution in [3.63, 3.8) is 0 Å². The Bertz CT molecular complexity index is 511. The molecular weight excluding hydrogens is 262 g/mol. The Labute approximate surface area is 126 Å². The van der Waals surface area contributed by atoms with Gasteiger partial charge < -0.3 is 9.74 Å². The van der Waals surface area contributed by atoms with Crippen LogP contribution in [0.3, 0.4) is 0 Å². The molecule has 21 heavy (non-hydrogen) atoms. The zero-order valence-corrected chi connectivity index (χ0v) is 12.6. The minimum atomic E-state index is 0.611. The van der Waals surface area contributed by atoms with Crippen LogP contribution in [0, 0.1) is 0 Å². The van der Waals surface area contributed by atoms with Gasteiger partial charge in [-0.25, -0.2) is 0 Å². The van der Waals surface area contributed by atoms with E-state index in [9.17, 15) is 0 Å². The van der Waals surface area contributed by atoms with Gasteiger partial charge in [0.25, 0.3) is 0 Å². The zero-order chi connectivity index (χ0) is 14.9. The van der Waals surface area contributed by atoms with Crippen molar-refractivity contribution in [2.75, 3.05) is 27.2 Å². The summed E-state index contributed by atoms with van der Waals surface area (Å²) in [5.41, 5.74) is 2.88. The molecule has 0 aliphatic heterocycles. The summed E-state index contributed by atoms with van der Waals surface area (Å²) < 4.78 is 0. The molecule has 0 unspecified atom stereocenters. The Morgan fingerprint density at radius 2 is 1.71 bits per heavy atom. The summed E-state index contributed by atoms with van der Waals surface area (Å²) in [6, 6.07) is 13.9. The van der Waals surface area contributed by atoms with Gasteiger partial charge in [0.15, 0.2) is 0 Å². The van der Waals surface area contributed by atoms with Gasteiger partial charge in [-0.05, 0) is 32.6 Å². The highest BCUT2D eigenvalue weighted by molar-refractivity contribution is 6.12. The van der Waals surface area contributed by atoms with Crippen LogP contribution in [0.25, 0.3) is 0 Å². The molecule has 0 radical (unpaired) electrons. The standard InChI is InChI=1S/C17H21N3O/c1-20(2)13-6-14-21-19-17(15-7-4-3-5-8-15)16-9-11-18-12-10-16/h3-5,7-12H,6,13-14H2,1-2H3. The summed E-state index contributed by atoms with van der Waals surface area (Å²) in [6.07, 6.45) is 4.48. The number of nitrogens with zero attached hydrogens (tertiary/aromatic N) is 3. The molecule has 1 heterocycles. The summed E-state index contributed by atoms with van der Waals surface area (Å²) in [6.45, 7) is 1.60. The van der Waals surface area contributed by atoms with E-state index in [1.807, 2.05) is 42.5 Å². The number of rotatable bonds is 7. The number of aromatic nitrogens is 1. The van der Waals surface area contributed by atoms with Crippen molar-refractivity contribution in [2.24, 2.45) is 5.16 Å². The molecule has 4 heteroatoms. The molecule has 4 nitrogen and oxygen atoms in total. The maximum atomic E-state index is 5.50. The van der Waals surface area contributed by atoms with Crippen LogP contribution < -0.4 is 0 Å². The Morgan fingerprint density at radius 3 is 2.38 bits per heavy atom. The molecule has 0 aliphatic rings. The van der Waals surface area contributed by atoms with Gasteiger partial charge in [0.1, 0.15) is 12.3 Å². The second kappa shape index (κ2) is 8.17. The van der Waals surface area contributed by atoms with E-state index in [0.29, 0.717) is 6.61 Å². The van der Waals surface area contributed by atoms with Gasteiger partial charge in [0, 0.05) is 30.1 Å². The molecule has 1 aromatic heterocycles. The molecule has 110 valence electrons. The van der Waals surface area contributed by atoms with Crippen molar-refractivity contribution in [1.82, 2.24) is 9.88 Å². The summed E-state index contributed by atoms with van der Waals surface area (Å²) in [5, 5.41) is 4.33. The third kappa shape index (κ3) is 5.00. The van der Waals surface area contributed by atoms with Crippen LogP contribution in [-0.2, 0) is 4.84 Å². The molecule has 0 atom stereocenters. The largest absolute Gasteiger partial charge is 0.395 e. The van der Waals surface area contributed by atoms with Crippen LogP contribution >= 0.6 is 0 Å². The third-order valence-corrected chi connectivity index (χ3v) is 3.00. The molecule has 0 aliphatic carbocycles. The smallest absolute Gasteiger partial charge is 0.118 e. The molecule has 0 saturated heterocycles. The lowest BCUT2D eigenvalue weighted by Crippen LogP contribution is -2.14. The first kappa shape index (κ1) is 15.2. The monoisotopic (exact) mass is 283 g/mol. The molecule has 2 aromatic rings. The predicted molar refractivity (Wildman–Crippen MR) is 85.4 cm³/mol. The molecule has 0 bridgehead atoms. The molecule has 0 spiro atoms. The molecule has 0 N–H and O–H groups in total. The second-order valence-corrected chi connectivity index (χ2v) is 5.03. The van der Waals surface area contributed by atoms with E-state index < -0.39 is 0 Å². The minimum Gasteiger partial charge on any atom is -0.395 e. The Balaban J connectivity index is 2.10. The van der Waals surface area contributed by atoms with Crippen molar-refractivity contribution in [2.45, 2.75) is 6.42 Å². The molecule has 2 rings (SSSR count). The second-order valence-electron chi connectivity index (χ2n) is 5.03. The molecule has 0 amide bonds. The Kier molecular flexibility index (Phi) is 5.91. The number of pyridine rings is 1. The van der Waals surface area contributed by atoms with E-state index in [0.717, 1.165) is 29.8 Å². The Morgan fingerprint density at radius 1 is 1.05 bits per heavy atom. The summed E-state index contributed by atoms with van der Waals surface area (Å²) in [4.78, 5) is 11.7. The molecule has 0 saturated carbocycles. The highest BCUT2D eigenvalue weighted by atomic mass is 16.6. The van der Waals surface area contributed by atoms with Gasteiger partial charge in [-0.1, -0.05) is 35.5 Å². The quantitative estimate of drug-likeness (QED) is 0.445. The molecule has 1 aromatic carbocycles. The summed E-state index contributed by atoms with van der Waals surface area (Å²) >= 11 is 0. The van der Waals surface area contributed by atoms with Gasteiger partial charge in [0.05, 0.1) is 0 Å². The fraction of sp³-hybridized carbons (Fsp3) is 0.294. The molecular formula is C17H21N3O. The maximum Gasteiger partial charge on any atom is 0.118 e. The van der Waals surface area contributed by atoms with E-state index in [1.54, 1.807) is 12.4 Å². The average molecular weight is 283 g/mol. The van der Waals surface area contributed by atoms with Crippen LogP contribution in [0.1, 0.15) is 17.5 Å². The first-order valence-corrected chi connectivity index (χ1v) is 7.08. The fourth-order valence-electron chi connectivity index (χ4n) is 1.93. The first-order valence-electron chi connectivity index (χ1n) is 7.08. The van der Waals surface area contributed by atoms with Gasteiger partial charge in [-0.15, -0.1) is 0 Å². The summed E-state index contributed by atoms with van der Waals surface area (Å²) in [5.74, 6) is 0. The first-order chi connectivity index (χ1) is 10.3. The highest BCUT2D eigenvalue weighted by Crippen LogP contribution is 2.10. The van der Waals surface area contributed by atoms with Gasteiger partial charge >= 0.3 is 0 Å². The third-order valence-electron chi connectivity index (χ3n) is 3.00. The van der Waals surface area contributed by atoms with Crippen molar-refractivity contribution in [3.8, 4) is 0 Å². The van der Waals surface area contributed by atoms with Gasteiger partial charge in [-0.3, -0.25) is 4.98 Å². The number of benzene rings is 1. The lowest BCUT2D eigenvalue weighted by molar-refractivity contribution is 0.135. The topological polar surface area (TPSA) is 37.7 Å². The van der Waals surface area contributed by atoms with Crippen molar-refractivity contribution >= 4 is 5.71 Å². The van der Waals surface area contributed by atoms with Crippen molar-refractivity contribution in [1.29, 1.82) is 0 Å². The number of hydrogen-bond donors (Lipinski definition) is 0. The lowest BCUT2D eigenvalue weighted by Gasteiger charge is -2.09. The predicted octanol–water partition coefficient (Wildman–Crippen LogP) is 2.80. The van der Waals surface area contributed by atoms with E-state index in [1.165, 1.54) is 0 Å². The van der Waals surface area contributed by atoms with Crippen LogP contribution in [0.2, 0.25) is 0 Å². The lowest BCUT2D eigenvalue weighted by atomic mass is 10.0. The van der Waals surface area contributed by atoms with Gasteiger partial charge in [-0.2, -0.15) is 0 Å². The van der Waals surface area contributed by atoms with Crippen LogP contribution in [0.5, 0.6) is 0 Å². The van der Waals surface area contributed by atoms with Gasteiger partial charge in [0.2, 0.25) is 0 Å². The number of oxime groups is 1. The van der Waals surface area contributed by atoms with E-state index >= 15 is 0 Å². The van der Waals surface area contributed by atoms with Crippen molar-refractivity contribution < 1.29 is 4.84 Å². The van der Waals surface area contributed by atoms with Crippen LogP contribution in [-0.4, -0.2) is 42.8 Å². The summed E-state index contributed by atoms with van der Waals surface area (Å²) in [7, 11) is 4.10. The normalized spacial score (nSPS) is 11.7. The van der Waals surface area contributed by atoms with E-state index in [2.05, 4.69) is 29.1 Å². The van der Waals surface area contributed by atoms with Crippen LogP contribution in [0.15, 0.2) is 60.0 Å². The highest BCUT2D eigenvalue weighted by Gasteiger charge is 2.07. The minimum absolute atomic E-state index is 0.611. The van der Waals surface area contributed by atoms with Crippen LogP contribution in [0.4, 0.5) is 0 Å². The van der Waals surface area contributed by atoms with E-state index in [-0.39, 0.29) is 0 Å². The van der Waals surface area contributed by atoms with E-state index in [4.69, 9.17) is 4.84 Å².